The lowest BCUT2D eigenvalue weighted by Gasteiger charge is -2.67. The molecule has 0 bridgehead atoms. The summed E-state index contributed by atoms with van der Waals surface area (Å²) in [7, 11) is 0. The summed E-state index contributed by atoms with van der Waals surface area (Å²) >= 11 is 6.02. The molecule has 5 aliphatic rings. The highest BCUT2D eigenvalue weighted by atomic mass is 35.5. The van der Waals surface area contributed by atoms with Crippen LogP contribution in [-0.4, -0.2) is 44.3 Å². The summed E-state index contributed by atoms with van der Waals surface area (Å²) in [6.45, 7) is 15.2. The molecule has 9 unspecified atom stereocenters. The average Bonchev–Trinajstić information content (AvgIpc) is 3.66. The van der Waals surface area contributed by atoms with Gasteiger partial charge in [0, 0.05) is 24.2 Å². The lowest BCUT2D eigenvalue weighted by atomic mass is 9.38. The number of hydrogen-bond donors (Lipinski definition) is 0. The Bertz CT molecular complexity index is 1680. The zero-order chi connectivity index (χ0) is 35.1. The number of aldehydes is 1. The van der Waals surface area contributed by atoms with Crippen molar-refractivity contribution >= 4 is 29.6 Å². The summed E-state index contributed by atoms with van der Waals surface area (Å²) in [6.07, 6.45) is 12.4. The van der Waals surface area contributed by atoms with E-state index in [-0.39, 0.29) is 58.8 Å². The monoisotopic (exact) mass is 690 g/mol. The highest BCUT2D eigenvalue weighted by Gasteiger charge is 2.66. The predicted octanol–water partition coefficient (Wildman–Crippen LogP) is 8.16. The Hall–Kier alpha value is -2.94. The molecule has 5 aliphatic carbocycles. The summed E-state index contributed by atoms with van der Waals surface area (Å²) in [5, 5.41) is 9.39. The molecule has 4 saturated carbocycles. The summed E-state index contributed by atoms with van der Waals surface area (Å²) in [6, 6.07) is 0. The number of ketones is 1. The van der Waals surface area contributed by atoms with Crippen molar-refractivity contribution in [1.82, 2.24) is 20.2 Å². The molecule has 0 radical (unpaired) electrons. The smallest absolute Gasteiger partial charge is 0.307 e. The second-order valence-corrected chi connectivity index (χ2v) is 18.0. The van der Waals surface area contributed by atoms with E-state index >= 15 is 0 Å². The molecule has 0 aromatic carbocycles. The van der Waals surface area contributed by atoms with Gasteiger partial charge in [0.15, 0.2) is 5.78 Å². The van der Waals surface area contributed by atoms with Crippen LogP contribution in [0.1, 0.15) is 119 Å². The molecule has 10 heteroatoms. The molecule has 0 spiro atoms. The first-order chi connectivity index (χ1) is 23.1. The average molecular weight is 691 g/mol. The van der Waals surface area contributed by atoms with E-state index in [4.69, 9.17) is 20.8 Å². The molecule has 4 fully saturated rings. The van der Waals surface area contributed by atoms with Crippen LogP contribution in [0.15, 0.2) is 28.0 Å². The normalized spacial score (nSPS) is 37.3. The summed E-state index contributed by atoms with van der Waals surface area (Å²) in [4.78, 5) is 46.9. The fraction of sp³-hybridized carbons (Fsp3) is 0.718. The van der Waals surface area contributed by atoms with Crippen molar-refractivity contribution in [2.45, 2.75) is 124 Å². The third-order valence-corrected chi connectivity index (χ3v) is 14.2. The number of carbonyl (C=O) groups excluding carboxylic acids is 3. The number of hydrogen-bond acceptors (Lipinski definition) is 9. The van der Waals surface area contributed by atoms with Crippen LogP contribution in [0.2, 0.25) is 5.02 Å². The number of aromatic nitrogens is 4. The van der Waals surface area contributed by atoms with Gasteiger partial charge in [-0.3, -0.25) is 9.59 Å². The van der Waals surface area contributed by atoms with Crippen molar-refractivity contribution < 1.29 is 23.5 Å². The quantitative estimate of drug-likeness (QED) is 0.209. The lowest BCUT2D eigenvalue weighted by molar-refractivity contribution is -0.190. The number of rotatable bonds is 7. The standard InChI is InChI=1S/C39H51ClN4O5/c1-21(2)31-27(46)16-39(35-44-43-34(49-35)33-41-18-23(40)19-42-33)15-11-26-24(32(31)39)8-9-29-37(6)14-12-28(48-30(47)17-36(4,5)20-45)22(3)25(37)10-13-38(26,29)7/h18-22,24-26,28-29H,8-17H2,1-7H3. The lowest BCUT2D eigenvalue weighted by Crippen LogP contribution is -2.60. The molecular formula is C39H51ClN4O5. The third-order valence-electron chi connectivity index (χ3n) is 14.0. The number of esters is 1. The maximum Gasteiger partial charge on any atom is 0.307 e. The van der Waals surface area contributed by atoms with Gasteiger partial charge in [0.2, 0.25) is 11.7 Å². The minimum Gasteiger partial charge on any atom is -0.462 e. The van der Waals surface area contributed by atoms with Crippen molar-refractivity contribution in [2.75, 3.05) is 0 Å². The summed E-state index contributed by atoms with van der Waals surface area (Å²) < 4.78 is 12.5. The van der Waals surface area contributed by atoms with E-state index in [0.717, 1.165) is 63.2 Å². The third kappa shape index (κ3) is 5.43. The van der Waals surface area contributed by atoms with Crippen molar-refractivity contribution in [2.24, 2.45) is 51.8 Å². The maximum absolute atomic E-state index is 13.9. The molecule has 9 atom stereocenters. The van der Waals surface area contributed by atoms with Crippen LogP contribution in [0, 0.1) is 51.8 Å². The molecule has 0 saturated heterocycles. The predicted molar refractivity (Wildman–Crippen MR) is 184 cm³/mol. The van der Waals surface area contributed by atoms with Gasteiger partial charge in [0.25, 0.3) is 5.89 Å². The first-order valence-corrected chi connectivity index (χ1v) is 18.8. The fourth-order valence-electron chi connectivity index (χ4n) is 11.9. The Kier molecular flexibility index (Phi) is 8.51. The topological polar surface area (TPSA) is 125 Å². The van der Waals surface area contributed by atoms with Gasteiger partial charge in [-0.2, -0.15) is 0 Å². The van der Waals surface area contributed by atoms with Crippen molar-refractivity contribution in [3.05, 3.63) is 34.5 Å². The summed E-state index contributed by atoms with van der Waals surface area (Å²) in [5.74, 6) is 3.20. The van der Waals surface area contributed by atoms with Crippen LogP contribution in [-0.2, 0) is 24.5 Å². The minimum atomic E-state index is -0.710. The maximum atomic E-state index is 13.9. The van der Waals surface area contributed by atoms with E-state index in [1.807, 2.05) is 0 Å². The highest BCUT2D eigenvalue weighted by Crippen LogP contribution is 2.71. The molecule has 2 heterocycles. The molecule has 9 nitrogen and oxygen atoms in total. The van der Waals surface area contributed by atoms with E-state index in [0.29, 0.717) is 40.9 Å². The largest absolute Gasteiger partial charge is 0.462 e. The van der Waals surface area contributed by atoms with Crippen LogP contribution in [0.4, 0.5) is 0 Å². The van der Waals surface area contributed by atoms with Gasteiger partial charge in [-0.15, -0.1) is 10.2 Å². The van der Waals surface area contributed by atoms with Crippen LogP contribution in [0.25, 0.3) is 11.7 Å². The zero-order valence-electron chi connectivity index (χ0n) is 30.1. The Morgan fingerprint density at radius 3 is 2.41 bits per heavy atom. The molecule has 0 amide bonds. The number of ether oxygens (including phenoxy) is 1. The zero-order valence-corrected chi connectivity index (χ0v) is 30.8. The minimum absolute atomic E-state index is 0.107. The van der Waals surface area contributed by atoms with Gasteiger partial charge < -0.3 is 13.9 Å². The van der Waals surface area contributed by atoms with Crippen LogP contribution >= 0.6 is 11.6 Å². The Balaban J connectivity index is 1.17. The first-order valence-electron chi connectivity index (χ1n) is 18.4. The molecule has 49 heavy (non-hydrogen) atoms. The molecule has 2 aromatic heterocycles. The number of halogens is 1. The van der Waals surface area contributed by atoms with Crippen LogP contribution in [0.5, 0.6) is 0 Å². The van der Waals surface area contributed by atoms with Gasteiger partial charge >= 0.3 is 5.97 Å². The van der Waals surface area contributed by atoms with Gasteiger partial charge in [0.1, 0.15) is 12.4 Å². The number of carbonyl (C=O) groups is 3. The molecular weight excluding hydrogens is 640 g/mol. The molecule has 7 rings (SSSR count). The van der Waals surface area contributed by atoms with Gasteiger partial charge in [-0.05, 0) is 109 Å². The Labute approximate surface area is 294 Å². The SMILES string of the molecule is CC(C)C1=C2C3CCC4C(C)(CCC5C(C)C(OC(=O)CC(C)(C)C=O)CCC54C)C3CCC2(c2nnc(-c3ncc(Cl)cn3)o2)CC1=O. The molecule has 0 aliphatic heterocycles. The van der Waals surface area contributed by atoms with Gasteiger partial charge in [0.05, 0.1) is 16.9 Å². The first kappa shape index (κ1) is 34.5. The Morgan fingerprint density at radius 2 is 1.71 bits per heavy atom. The second kappa shape index (κ2) is 12.1. The van der Waals surface area contributed by atoms with Crippen LogP contribution in [0.3, 0.4) is 0 Å². The van der Waals surface area contributed by atoms with E-state index in [1.54, 1.807) is 13.8 Å². The molecule has 0 N–H and O–H groups in total. The molecule has 2 aromatic rings. The fourth-order valence-corrected chi connectivity index (χ4v) is 12.0. The van der Waals surface area contributed by atoms with E-state index < -0.39 is 10.8 Å². The van der Waals surface area contributed by atoms with Crippen molar-refractivity contribution in [1.29, 1.82) is 0 Å². The van der Waals surface area contributed by atoms with Crippen molar-refractivity contribution in [3.8, 4) is 11.7 Å². The van der Waals surface area contributed by atoms with E-state index in [2.05, 4.69) is 54.8 Å². The second-order valence-electron chi connectivity index (χ2n) is 17.5. The number of allylic oxidation sites excluding steroid dienone is 2. The van der Waals surface area contributed by atoms with E-state index in [1.165, 1.54) is 18.0 Å². The van der Waals surface area contributed by atoms with Crippen molar-refractivity contribution in [3.63, 3.8) is 0 Å². The number of fused-ring (bicyclic) bond motifs is 7. The number of nitrogens with zero attached hydrogens (tertiary/aromatic N) is 4. The van der Waals surface area contributed by atoms with Gasteiger partial charge in [-0.1, -0.05) is 60.1 Å². The van der Waals surface area contributed by atoms with Crippen LogP contribution < -0.4 is 0 Å². The number of Topliss-reactive ketones (excluding diaryl/α,β-unsaturated/α-hetero) is 1. The highest BCUT2D eigenvalue weighted by molar-refractivity contribution is 6.30. The molecule has 264 valence electrons. The Morgan fingerprint density at radius 1 is 1.04 bits per heavy atom. The summed E-state index contributed by atoms with van der Waals surface area (Å²) in [5.41, 5.74) is 1.23. The van der Waals surface area contributed by atoms with Gasteiger partial charge in [-0.25, -0.2) is 9.97 Å². The van der Waals surface area contributed by atoms with E-state index in [9.17, 15) is 14.4 Å².